The van der Waals surface area contributed by atoms with Crippen molar-refractivity contribution in [3.8, 4) is 0 Å². The van der Waals surface area contributed by atoms with Crippen molar-refractivity contribution in [1.29, 1.82) is 0 Å². The van der Waals surface area contributed by atoms with Crippen LogP contribution in [-0.4, -0.2) is 11.6 Å². The summed E-state index contributed by atoms with van der Waals surface area (Å²) in [7, 11) is 0. The van der Waals surface area contributed by atoms with Gasteiger partial charge in [-0.2, -0.15) is 0 Å². The Hall–Kier alpha value is -0.660. The zero-order valence-electron chi connectivity index (χ0n) is 8.72. The van der Waals surface area contributed by atoms with Crippen LogP contribution in [0.4, 0.5) is 0 Å². The molecule has 2 nitrogen and oxygen atoms in total. The molecule has 0 aromatic heterocycles. The largest absolute Gasteiger partial charge is 0.300 e. The molecule has 0 N–H and O–H groups in total. The maximum absolute atomic E-state index is 11.8. The van der Waals surface area contributed by atoms with Gasteiger partial charge in [-0.3, -0.25) is 4.79 Å². The van der Waals surface area contributed by atoms with Crippen molar-refractivity contribution in [2.24, 2.45) is 11.3 Å². The normalized spacial score (nSPS) is 27.3. The molecule has 2 heteroatoms. The molecule has 0 saturated heterocycles. The van der Waals surface area contributed by atoms with E-state index in [-0.39, 0.29) is 22.9 Å². The third-order valence-electron chi connectivity index (χ3n) is 2.93. The Balaban J connectivity index is 2.66. The predicted molar refractivity (Wildman–Crippen MR) is 51.4 cm³/mol. The molecule has 0 aliphatic heterocycles. The highest BCUT2D eigenvalue weighted by Crippen LogP contribution is 2.36. The fraction of sp³-hybridized carbons (Fsp3) is 0.818. The molecule has 0 amide bonds. The topological polar surface area (TPSA) is 34.1 Å². The smallest absolute Gasteiger partial charge is 0.141 e. The maximum atomic E-state index is 11.8. The van der Waals surface area contributed by atoms with Gasteiger partial charge in [0.05, 0.1) is 0 Å². The first-order valence-corrected chi connectivity index (χ1v) is 4.97. The second-order valence-electron chi connectivity index (χ2n) is 4.74. The summed E-state index contributed by atoms with van der Waals surface area (Å²) in [5, 5.41) is 0. The summed E-state index contributed by atoms with van der Waals surface area (Å²) in [6, 6.07) is 0. The summed E-state index contributed by atoms with van der Waals surface area (Å²) in [5.74, 6) is 0.422. The van der Waals surface area contributed by atoms with Crippen molar-refractivity contribution in [1.82, 2.24) is 0 Å². The number of carbonyl (C=O) groups excluding carboxylic acids is 2. The summed E-state index contributed by atoms with van der Waals surface area (Å²) >= 11 is 0. The van der Waals surface area contributed by atoms with Crippen molar-refractivity contribution in [2.75, 3.05) is 0 Å². The molecule has 1 atom stereocenters. The Morgan fingerprint density at radius 3 is 2.69 bits per heavy atom. The zero-order chi connectivity index (χ0) is 10.1. The predicted octanol–water partition coefficient (Wildman–Crippen LogP) is 2.36. The number of ketones is 2. The van der Waals surface area contributed by atoms with Gasteiger partial charge in [0, 0.05) is 17.8 Å². The third-order valence-corrected chi connectivity index (χ3v) is 2.93. The number of hydrogen-bond donors (Lipinski definition) is 0. The number of carbonyl (C=O) groups is 2. The minimum atomic E-state index is -0.196. The zero-order valence-corrected chi connectivity index (χ0v) is 8.72. The molecule has 1 aliphatic rings. The number of Topliss-reactive ketones (excluding diaryl/α,β-unsaturated/α-hetero) is 2. The standard InChI is InChI=1S/C11H18O2/c1-8(12)7-9-5-4-6-11(2,3)10(9)13/h9H,4-7H2,1-3H3. The highest BCUT2D eigenvalue weighted by molar-refractivity contribution is 5.91. The van der Waals surface area contributed by atoms with Crippen LogP contribution in [-0.2, 0) is 9.59 Å². The molecule has 0 radical (unpaired) electrons. The van der Waals surface area contributed by atoms with Gasteiger partial charge in [-0.05, 0) is 19.8 Å². The average molecular weight is 182 g/mol. The molecule has 74 valence electrons. The van der Waals surface area contributed by atoms with E-state index in [1.807, 2.05) is 13.8 Å². The van der Waals surface area contributed by atoms with Crippen LogP contribution in [0.2, 0.25) is 0 Å². The molecule has 0 bridgehead atoms. The monoisotopic (exact) mass is 182 g/mol. The van der Waals surface area contributed by atoms with E-state index in [0.717, 1.165) is 19.3 Å². The summed E-state index contributed by atoms with van der Waals surface area (Å²) in [6.45, 7) is 5.54. The van der Waals surface area contributed by atoms with Gasteiger partial charge in [-0.1, -0.05) is 20.3 Å². The Bertz CT molecular complexity index is 228. The fourth-order valence-corrected chi connectivity index (χ4v) is 2.14. The van der Waals surface area contributed by atoms with Gasteiger partial charge in [-0.25, -0.2) is 0 Å². The van der Waals surface area contributed by atoms with Crippen LogP contribution < -0.4 is 0 Å². The fourth-order valence-electron chi connectivity index (χ4n) is 2.14. The summed E-state index contributed by atoms with van der Waals surface area (Å²) < 4.78 is 0. The van der Waals surface area contributed by atoms with Crippen molar-refractivity contribution in [3.05, 3.63) is 0 Å². The van der Waals surface area contributed by atoms with Crippen molar-refractivity contribution in [3.63, 3.8) is 0 Å². The van der Waals surface area contributed by atoms with Crippen LogP contribution in [0.15, 0.2) is 0 Å². The van der Waals surface area contributed by atoms with E-state index in [2.05, 4.69) is 0 Å². The van der Waals surface area contributed by atoms with E-state index in [0.29, 0.717) is 6.42 Å². The van der Waals surface area contributed by atoms with Crippen molar-refractivity contribution < 1.29 is 9.59 Å². The van der Waals surface area contributed by atoms with Gasteiger partial charge in [0.15, 0.2) is 0 Å². The first-order valence-electron chi connectivity index (χ1n) is 4.97. The third kappa shape index (κ3) is 2.39. The van der Waals surface area contributed by atoms with Crippen molar-refractivity contribution in [2.45, 2.75) is 46.5 Å². The Morgan fingerprint density at radius 2 is 2.15 bits per heavy atom. The Kier molecular flexibility index (Phi) is 2.89. The van der Waals surface area contributed by atoms with Gasteiger partial charge >= 0.3 is 0 Å². The minimum Gasteiger partial charge on any atom is -0.300 e. The molecule has 0 aromatic rings. The van der Waals surface area contributed by atoms with E-state index in [4.69, 9.17) is 0 Å². The van der Waals surface area contributed by atoms with E-state index in [1.54, 1.807) is 6.92 Å². The molecule has 0 aromatic carbocycles. The van der Waals surface area contributed by atoms with Crippen LogP contribution in [0.1, 0.15) is 46.5 Å². The number of rotatable bonds is 2. The van der Waals surface area contributed by atoms with Gasteiger partial charge in [0.2, 0.25) is 0 Å². The average Bonchev–Trinajstić information content (AvgIpc) is 1.98. The highest BCUT2D eigenvalue weighted by atomic mass is 16.1. The second-order valence-corrected chi connectivity index (χ2v) is 4.74. The van der Waals surface area contributed by atoms with Crippen LogP contribution in [0.3, 0.4) is 0 Å². The molecule has 1 rings (SSSR count). The van der Waals surface area contributed by atoms with E-state index >= 15 is 0 Å². The van der Waals surface area contributed by atoms with Gasteiger partial charge in [-0.15, -0.1) is 0 Å². The Labute approximate surface area is 79.7 Å². The van der Waals surface area contributed by atoms with E-state index in [9.17, 15) is 9.59 Å². The minimum absolute atomic E-state index is 0.00116. The molecule has 0 heterocycles. The molecule has 1 saturated carbocycles. The molecular weight excluding hydrogens is 164 g/mol. The van der Waals surface area contributed by atoms with Gasteiger partial charge in [0.1, 0.15) is 11.6 Å². The van der Waals surface area contributed by atoms with Gasteiger partial charge in [0.25, 0.3) is 0 Å². The van der Waals surface area contributed by atoms with Crippen LogP contribution >= 0.6 is 0 Å². The van der Waals surface area contributed by atoms with E-state index < -0.39 is 0 Å². The summed E-state index contributed by atoms with van der Waals surface area (Å²) in [5.41, 5.74) is -0.196. The molecule has 0 spiro atoms. The van der Waals surface area contributed by atoms with Gasteiger partial charge < -0.3 is 4.79 Å². The lowest BCUT2D eigenvalue weighted by Crippen LogP contribution is -2.35. The highest BCUT2D eigenvalue weighted by Gasteiger charge is 2.37. The first-order chi connectivity index (χ1) is 5.93. The number of hydrogen-bond acceptors (Lipinski definition) is 2. The molecular formula is C11H18O2. The quantitative estimate of drug-likeness (QED) is 0.657. The van der Waals surface area contributed by atoms with Crippen LogP contribution in [0.25, 0.3) is 0 Å². The summed E-state index contributed by atoms with van der Waals surface area (Å²) in [6.07, 6.45) is 3.40. The van der Waals surface area contributed by atoms with Crippen molar-refractivity contribution >= 4 is 11.6 Å². The van der Waals surface area contributed by atoms with E-state index in [1.165, 1.54) is 0 Å². The lowest BCUT2D eigenvalue weighted by atomic mass is 9.70. The Morgan fingerprint density at radius 1 is 1.54 bits per heavy atom. The summed E-state index contributed by atoms with van der Waals surface area (Å²) in [4.78, 5) is 22.7. The molecule has 13 heavy (non-hydrogen) atoms. The van der Waals surface area contributed by atoms with Crippen LogP contribution in [0.5, 0.6) is 0 Å². The maximum Gasteiger partial charge on any atom is 0.141 e. The van der Waals surface area contributed by atoms with Crippen LogP contribution in [0, 0.1) is 11.3 Å². The molecule has 1 unspecified atom stereocenters. The SMILES string of the molecule is CC(=O)CC1CCCC(C)(C)C1=O. The lowest BCUT2D eigenvalue weighted by molar-refractivity contribution is -0.136. The first kappa shape index (κ1) is 10.4. The molecule has 1 fully saturated rings. The molecule has 1 aliphatic carbocycles. The lowest BCUT2D eigenvalue weighted by Gasteiger charge is -2.33. The second kappa shape index (κ2) is 3.60.